The minimum absolute atomic E-state index is 0.588. The van der Waals surface area contributed by atoms with Crippen molar-refractivity contribution >= 4 is 0 Å². The predicted molar refractivity (Wildman–Crippen MR) is 65.2 cm³/mol. The molecular formula is C12H22N4. The minimum Gasteiger partial charge on any atom is -0.329 e. The quantitative estimate of drug-likeness (QED) is 0.827. The molecule has 1 aliphatic rings. The van der Waals surface area contributed by atoms with Crippen molar-refractivity contribution in [3.63, 3.8) is 0 Å². The Balaban J connectivity index is 1.84. The van der Waals surface area contributed by atoms with E-state index in [1.165, 1.54) is 31.4 Å². The lowest BCUT2D eigenvalue weighted by Crippen LogP contribution is -2.45. The molecule has 0 radical (unpaired) electrons. The van der Waals surface area contributed by atoms with E-state index >= 15 is 0 Å². The minimum atomic E-state index is 0.588. The van der Waals surface area contributed by atoms with Crippen LogP contribution in [0.4, 0.5) is 0 Å². The average molecular weight is 222 g/mol. The Bertz CT molecular complexity index is 321. The molecule has 2 N–H and O–H groups in total. The van der Waals surface area contributed by atoms with E-state index in [4.69, 9.17) is 5.73 Å². The van der Waals surface area contributed by atoms with E-state index in [0.29, 0.717) is 6.04 Å². The van der Waals surface area contributed by atoms with Crippen molar-refractivity contribution in [1.29, 1.82) is 0 Å². The molecule has 4 nitrogen and oxygen atoms in total. The largest absolute Gasteiger partial charge is 0.329 e. The predicted octanol–water partition coefficient (Wildman–Crippen LogP) is 1.00. The topological polar surface area (TPSA) is 47.1 Å². The molecule has 16 heavy (non-hydrogen) atoms. The third-order valence-electron chi connectivity index (χ3n) is 3.40. The van der Waals surface area contributed by atoms with Crippen LogP contribution in [0.15, 0.2) is 12.4 Å². The highest BCUT2D eigenvalue weighted by Gasteiger charge is 2.20. The van der Waals surface area contributed by atoms with Crippen LogP contribution in [-0.2, 0) is 6.54 Å². The van der Waals surface area contributed by atoms with E-state index < -0.39 is 0 Å². The molecule has 4 heteroatoms. The summed E-state index contributed by atoms with van der Waals surface area (Å²) in [6.45, 7) is 6.11. The first kappa shape index (κ1) is 11.6. The molecule has 1 atom stereocenters. The molecule has 2 rings (SSSR count). The van der Waals surface area contributed by atoms with Crippen LogP contribution in [0.5, 0.6) is 0 Å². The van der Waals surface area contributed by atoms with Crippen LogP contribution in [0.1, 0.15) is 24.8 Å². The summed E-state index contributed by atoms with van der Waals surface area (Å²) in [5.74, 6) is 0. The number of nitrogens with two attached hydrogens (primary N) is 1. The van der Waals surface area contributed by atoms with Gasteiger partial charge in [-0.25, -0.2) is 0 Å². The summed E-state index contributed by atoms with van der Waals surface area (Å²) in [5.41, 5.74) is 7.03. The van der Waals surface area contributed by atoms with Crippen molar-refractivity contribution in [2.45, 2.75) is 38.8 Å². The number of rotatable bonds is 4. The first-order valence-corrected chi connectivity index (χ1v) is 6.23. The first-order valence-electron chi connectivity index (χ1n) is 6.23. The maximum Gasteiger partial charge on any atom is 0.0536 e. The molecule has 1 saturated heterocycles. The fourth-order valence-corrected chi connectivity index (χ4v) is 2.44. The van der Waals surface area contributed by atoms with Crippen LogP contribution in [0.3, 0.4) is 0 Å². The van der Waals surface area contributed by atoms with Gasteiger partial charge in [0.25, 0.3) is 0 Å². The molecule has 1 unspecified atom stereocenters. The van der Waals surface area contributed by atoms with E-state index in [1.54, 1.807) is 0 Å². The fourth-order valence-electron chi connectivity index (χ4n) is 2.44. The molecule has 0 aliphatic carbocycles. The van der Waals surface area contributed by atoms with Gasteiger partial charge in [-0.05, 0) is 31.9 Å². The molecule has 0 saturated carbocycles. The maximum absolute atomic E-state index is 5.80. The summed E-state index contributed by atoms with van der Waals surface area (Å²) >= 11 is 0. The van der Waals surface area contributed by atoms with Gasteiger partial charge in [0.2, 0.25) is 0 Å². The lowest BCUT2D eigenvalue weighted by Gasteiger charge is -2.34. The van der Waals surface area contributed by atoms with Crippen molar-refractivity contribution in [2.75, 3.05) is 19.6 Å². The Morgan fingerprint density at radius 2 is 2.31 bits per heavy atom. The zero-order valence-corrected chi connectivity index (χ0v) is 10.1. The zero-order chi connectivity index (χ0) is 11.4. The van der Waals surface area contributed by atoms with Gasteiger partial charge in [-0.3, -0.25) is 9.58 Å². The van der Waals surface area contributed by atoms with Gasteiger partial charge in [0.1, 0.15) is 0 Å². The van der Waals surface area contributed by atoms with E-state index in [0.717, 1.165) is 19.6 Å². The number of piperidine rings is 1. The molecule has 0 aromatic carbocycles. The molecule has 1 fully saturated rings. The third-order valence-corrected chi connectivity index (χ3v) is 3.40. The molecule has 2 heterocycles. The van der Waals surface area contributed by atoms with Crippen molar-refractivity contribution in [1.82, 2.24) is 14.7 Å². The summed E-state index contributed by atoms with van der Waals surface area (Å²) in [6, 6.07) is 0.588. The van der Waals surface area contributed by atoms with Crippen molar-refractivity contribution in [3.05, 3.63) is 18.0 Å². The summed E-state index contributed by atoms with van der Waals surface area (Å²) < 4.78 is 2.03. The van der Waals surface area contributed by atoms with Crippen LogP contribution < -0.4 is 5.73 Å². The van der Waals surface area contributed by atoms with Gasteiger partial charge >= 0.3 is 0 Å². The standard InChI is InChI=1S/C12H22N4/c1-11-9-14-16(10-11)7-6-15-5-3-2-4-12(15)8-13/h9-10,12H,2-8,13H2,1H3. The first-order chi connectivity index (χ1) is 7.79. The van der Waals surface area contributed by atoms with Crippen LogP contribution in [0.2, 0.25) is 0 Å². The lowest BCUT2D eigenvalue weighted by atomic mass is 10.0. The van der Waals surface area contributed by atoms with Crippen molar-refractivity contribution in [2.24, 2.45) is 5.73 Å². The zero-order valence-electron chi connectivity index (χ0n) is 10.1. The summed E-state index contributed by atoms with van der Waals surface area (Å²) in [7, 11) is 0. The number of aryl methyl sites for hydroxylation is 1. The summed E-state index contributed by atoms with van der Waals surface area (Å²) in [4.78, 5) is 2.51. The number of hydrogen-bond donors (Lipinski definition) is 1. The Kier molecular flexibility index (Phi) is 3.96. The molecule has 1 aromatic heterocycles. The van der Waals surface area contributed by atoms with Gasteiger partial charge in [-0.15, -0.1) is 0 Å². The molecule has 0 spiro atoms. The molecule has 1 aromatic rings. The van der Waals surface area contributed by atoms with E-state index in [-0.39, 0.29) is 0 Å². The number of likely N-dealkylation sites (tertiary alicyclic amines) is 1. The van der Waals surface area contributed by atoms with Gasteiger partial charge in [-0.1, -0.05) is 6.42 Å². The smallest absolute Gasteiger partial charge is 0.0536 e. The number of nitrogens with zero attached hydrogens (tertiary/aromatic N) is 3. The van der Waals surface area contributed by atoms with Gasteiger partial charge < -0.3 is 5.73 Å². The number of aromatic nitrogens is 2. The highest BCUT2D eigenvalue weighted by Crippen LogP contribution is 2.15. The van der Waals surface area contributed by atoms with Gasteiger partial charge in [-0.2, -0.15) is 5.10 Å². The maximum atomic E-state index is 5.80. The van der Waals surface area contributed by atoms with Crippen LogP contribution in [-0.4, -0.2) is 40.4 Å². The fraction of sp³-hybridized carbons (Fsp3) is 0.750. The second-order valence-corrected chi connectivity index (χ2v) is 4.70. The van der Waals surface area contributed by atoms with Gasteiger partial charge in [0, 0.05) is 25.3 Å². The van der Waals surface area contributed by atoms with Crippen LogP contribution in [0.25, 0.3) is 0 Å². The monoisotopic (exact) mass is 222 g/mol. The normalized spacial score (nSPS) is 22.5. The second kappa shape index (κ2) is 5.46. The summed E-state index contributed by atoms with van der Waals surface area (Å²) in [5, 5.41) is 4.31. The van der Waals surface area contributed by atoms with E-state index in [9.17, 15) is 0 Å². The molecular weight excluding hydrogens is 200 g/mol. The second-order valence-electron chi connectivity index (χ2n) is 4.70. The third kappa shape index (κ3) is 2.83. The highest BCUT2D eigenvalue weighted by molar-refractivity contribution is 4.99. The van der Waals surface area contributed by atoms with Gasteiger partial charge in [0.15, 0.2) is 0 Å². The van der Waals surface area contributed by atoms with E-state index in [2.05, 4.69) is 23.1 Å². The summed E-state index contributed by atoms with van der Waals surface area (Å²) in [6.07, 6.45) is 7.92. The Labute approximate surface area is 97.4 Å². The highest BCUT2D eigenvalue weighted by atomic mass is 15.3. The van der Waals surface area contributed by atoms with Crippen molar-refractivity contribution < 1.29 is 0 Å². The SMILES string of the molecule is Cc1cnn(CCN2CCCCC2CN)c1. The lowest BCUT2D eigenvalue weighted by molar-refractivity contribution is 0.146. The average Bonchev–Trinajstić information content (AvgIpc) is 2.73. The Hall–Kier alpha value is -0.870. The van der Waals surface area contributed by atoms with Gasteiger partial charge in [0.05, 0.1) is 12.7 Å². The Morgan fingerprint density at radius 1 is 1.44 bits per heavy atom. The Morgan fingerprint density at radius 3 is 3.00 bits per heavy atom. The molecule has 0 bridgehead atoms. The van der Waals surface area contributed by atoms with Crippen molar-refractivity contribution in [3.8, 4) is 0 Å². The molecule has 0 amide bonds. The van der Waals surface area contributed by atoms with Crippen LogP contribution in [0, 0.1) is 6.92 Å². The molecule has 1 aliphatic heterocycles. The number of hydrogen-bond acceptors (Lipinski definition) is 3. The van der Waals surface area contributed by atoms with Crippen LogP contribution >= 0.6 is 0 Å². The molecule has 90 valence electrons. The van der Waals surface area contributed by atoms with E-state index in [1.807, 2.05) is 10.9 Å².